The summed E-state index contributed by atoms with van der Waals surface area (Å²) in [5.74, 6) is -16.6. The minimum atomic E-state index is -6.02. The zero-order valence-corrected chi connectivity index (χ0v) is 23.0. The Bertz CT molecular complexity index is 1760. The average molecular weight is 631 g/mol. The molecule has 0 aliphatic carbocycles. The Morgan fingerprint density at radius 3 is 1.38 bits per heavy atom. The summed E-state index contributed by atoms with van der Waals surface area (Å²) in [4.78, 5) is 20.2. The Morgan fingerprint density at radius 2 is 1.00 bits per heavy atom. The molecule has 0 radical (unpaired) electrons. The lowest BCUT2D eigenvalue weighted by molar-refractivity contribution is 0.100. The summed E-state index contributed by atoms with van der Waals surface area (Å²) in [5.41, 5.74) is 0.197. The minimum absolute atomic E-state index is 0.0983. The van der Waals surface area contributed by atoms with Crippen molar-refractivity contribution >= 4 is 32.0 Å². The molecule has 0 amide bonds. The number of carbonyl (C=O) groups is 2. The van der Waals surface area contributed by atoms with Gasteiger partial charge in [-0.2, -0.15) is 8.42 Å². The highest BCUT2D eigenvalue weighted by Crippen LogP contribution is 2.71. The van der Waals surface area contributed by atoms with E-state index in [4.69, 9.17) is 3.63 Å². The summed E-state index contributed by atoms with van der Waals surface area (Å²) in [6, 6.07) is 11.2. The molecule has 0 fully saturated rings. The van der Waals surface area contributed by atoms with E-state index in [0.717, 1.165) is 36.4 Å². The molecule has 0 unspecified atom stereocenters. The van der Waals surface area contributed by atoms with Crippen molar-refractivity contribution in [3.05, 3.63) is 119 Å². The zero-order chi connectivity index (χ0) is 31.1. The van der Waals surface area contributed by atoms with Crippen molar-refractivity contribution < 1.29 is 52.4 Å². The highest BCUT2D eigenvalue weighted by molar-refractivity contribution is 8.33. The molecule has 0 spiro atoms. The predicted octanol–water partition coefficient (Wildman–Crippen LogP) is 7.67. The van der Waals surface area contributed by atoms with Crippen molar-refractivity contribution in [1.29, 1.82) is 0 Å². The summed E-state index contributed by atoms with van der Waals surface area (Å²) in [6.45, 7) is 2.42. The second-order valence-corrected chi connectivity index (χ2v) is 13.1. The van der Waals surface area contributed by atoms with Crippen LogP contribution >= 0.6 is 10.3 Å². The average Bonchev–Trinajstić information content (AvgIpc) is 2.94. The molecule has 0 N–H and O–H groups in total. The molecule has 0 saturated heterocycles. The molecule has 0 saturated carbocycles. The van der Waals surface area contributed by atoms with E-state index in [0.29, 0.717) is 6.07 Å². The molecule has 4 aromatic rings. The second-order valence-electron chi connectivity index (χ2n) is 8.71. The van der Waals surface area contributed by atoms with Crippen LogP contribution in [0.15, 0.2) is 86.3 Å². The van der Waals surface area contributed by atoms with Gasteiger partial charge in [-0.25, -0.2) is 34.4 Å². The van der Waals surface area contributed by atoms with Gasteiger partial charge in [0.2, 0.25) is 5.82 Å². The van der Waals surface area contributed by atoms with Crippen molar-refractivity contribution in [1.82, 2.24) is 0 Å². The van der Waals surface area contributed by atoms with Gasteiger partial charge >= 0.3 is 10.1 Å². The van der Waals surface area contributed by atoms with Crippen LogP contribution in [0.1, 0.15) is 34.6 Å². The fourth-order valence-electron chi connectivity index (χ4n) is 3.95. The van der Waals surface area contributed by atoms with Crippen molar-refractivity contribution in [3.63, 3.8) is 0 Å². The molecule has 0 aromatic heterocycles. The number of rotatable bonds is 8. The lowest BCUT2D eigenvalue weighted by Gasteiger charge is -2.39. The van der Waals surface area contributed by atoms with Crippen LogP contribution in [0.25, 0.3) is 0 Å². The molecule has 5 nitrogen and oxygen atoms in total. The SMILES string of the molecule is CC(=O)c1ccc(S(OS(=O)(=O)c2c(F)c(F)c(F)c(F)c2F)(c2ccc(C(C)=O)cc2)c2ccc(F)cc2F)cc1. The van der Waals surface area contributed by atoms with E-state index < -0.39 is 82.5 Å². The predicted molar refractivity (Wildman–Crippen MR) is 136 cm³/mol. The first-order chi connectivity index (χ1) is 19.6. The summed E-state index contributed by atoms with van der Waals surface area (Å²) in [7, 11) is -10.2. The number of halogens is 7. The normalized spacial score (nSPS) is 12.3. The second kappa shape index (κ2) is 11.3. The van der Waals surface area contributed by atoms with Gasteiger partial charge in [0, 0.05) is 27.0 Å². The van der Waals surface area contributed by atoms with E-state index in [2.05, 4.69) is 0 Å². The molecule has 220 valence electrons. The molecule has 4 rings (SSSR count). The maximum absolute atomic E-state index is 15.5. The summed E-state index contributed by atoms with van der Waals surface area (Å²) in [5, 5.41) is 0. The molecule has 0 bridgehead atoms. The largest absolute Gasteiger partial charge is 0.313 e. The van der Waals surface area contributed by atoms with Gasteiger partial charge < -0.3 is 0 Å². The molecule has 0 aliphatic rings. The van der Waals surface area contributed by atoms with Gasteiger partial charge in [-0.1, -0.05) is 24.3 Å². The third-order valence-electron chi connectivity index (χ3n) is 6.00. The van der Waals surface area contributed by atoms with E-state index in [9.17, 15) is 44.3 Å². The lowest BCUT2D eigenvalue weighted by Crippen LogP contribution is -2.19. The number of carbonyl (C=O) groups excluding carboxylic acids is 2. The van der Waals surface area contributed by atoms with Crippen LogP contribution in [0, 0.1) is 40.7 Å². The minimum Gasteiger partial charge on any atom is -0.295 e. The highest BCUT2D eigenvalue weighted by atomic mass is 32.3. The van der Waals surface area contributed by atoms with E-state index in [-0.39, 0.29) is 20.9 Å². The van der Waals surface area contributed by atoms with Gasteiger partial charge in [-0.3, -0.25) is 9.59 Å². The summed E-state index contributed by atoms with van der Waals surface area (Å²) < 4.78 is 133. The van der Waals surface area contributed by atoms with E-state index >= 15 is 4.39 Å². The Balaban J connectivity index is 2.14. The number of hydrogen-bond donors (Lipinski definition) is 0. The van der Waals surface area contributed by atoms with Crippen molar-refractivity contribution in [3.8, 4) is 0 Å². The molecule has 4 aromatic carbocycles. The quantitative estimate of drug-likeness (QED) is 0.0865. The Labute approximate surface area is 236 Å². The van der Waals surface area contributed by atoms with Crippen LogP contribution in [0.3, 0.4) is 0 Å². The number of Topliss-reactive ketones (excluding diaryl/α,β-unsaturated/α-hetero) is 2. The smallest absolute Gasteiger partial charge is 0.295 e. The van der Waals surface area contributed by atoms with Crippen LogP contribution in [0.5, 0.6) is 0 Å². The van der Waals surface area contributed by atoms with Gasteiger partial charge in [0.15, 0.2) is 39.7 Å². The standard InChI is InChI=1S/C28H17F7O5S2/c1-14(36)16-3-8-19(9-4-16)41(22-12-7-18(29)13-21(22)30,20-10-5-17(6-11-20)15(2)37)40-42(38,39)28-26(34)24(32)23(31)25(33)27(28)35/h3-13H,1-2H3. The van der Waals surface area contributed by atoms with E-state index in [1.54, 1.807) is 0 Å². The first kappa shape index (κ1) is 30.9. The zero-order valence-electron chi connectivity index (χ0n) is 21.4. The topological polar surface area (TPSA) is 77.5 Å². The first-order valence-electron chi connectivity index (χ1n) is 11.6. The molecular weight excluding hydrogens is 613 g/mol. The van der Waals surface area contributed by atoms with Gasteiger partial charge in [0.05, 0.1) is 4.90 Å². The maximum atomic E-state index is 15.5. The monoisotopic (exact) mass is 630 g/mol. The summed E-state index contributed by atoms with van der Waals surface area (Å²) >= 11 is 0. The maximum Gasteiger partial charge on any atom is 0.313 e. The van der Waals surface area contributed by atoms with Crippen molar-refractivity contribution in [2.75, 3.05) is 0 Å². The fourth-order valence-corrected chi connectivity index (χ4v) is 9.25. The lowest BCUT2D eigenvalue weighted by atomic mass is 10.1. The molecule has 0 aliphatic heterocycles. The van der Waals surface area contributed by atoms with Crippen LogP contribution in [0.2, 0.25) is 0 Å². The summed E-state index contributed by atoms with van der Waals surface area (Å²) in [6.07, 6.45) is 0. The van der Waals surface area contributed by atoms with Gasteiger partial charge in [-0.15, -0.1) is 0 Å². The molecule has 0 atom stereocenters. The van der Waals surface area contributed by atoms with Crippen LogP contribution in [0.4, 0.5) is 30.7 Å². The van der Waals surface area contributed by atoms with Gasteiger partial charge in [-0.05, 0) is 60.6 Å². The third-order valence-corrected chi connectivity index (χ3v) is 11.2. The van der Waals surface area contributed by atoms with Crippen LogP contribution in [-0.4, -0.2) is 20.0 Å². The highest BCUT2D eigenvalue weighted by Gasteiger charge is 2.44. The Kier molecular flexibility index (Phi) is 8.36. The van der Waals surface area contributed by atoms with Crippen LogP contribution < -0.4 is 0 Å². The Hall–Kier alpha value is -4.01. The van der Waals surface area contributed by atoms with Gasteiger partial charge in [0.1, 0.15) is 11.6 Å². The van der Waals surface area contributed by atoms with Gasteiger partial charge in [0.25, 0.3) is 0 Å². The number of benzene rings is 4. The van der Waals surface area contributed by atoms with E-state index in [1.165, 1.54) is 38.1 Å². The van der Waals surface area contributed by atoms with Crippen molar-refractivity contribution in [2.24, 2.45) is 0 Å². The number of ketones is 2. The fraction of sp³-hybridized carbons (Fsp3) is 0.0714. The number of hydrogen-bond acceptors (Lipinski definition) is 5. The van der Waals surface area contributed by atoms with Crippen molar-refractivity contribution in [2.45, 2.75) is 33.4 Å². The third kappa shape index (κ3) is 5.32. The van der Waals surface area contributed by atoms with Crippen LogP contribution in [-0.2, 0) is 13.7 Å². The Morgan fingerprint density at radius 1 is 0.595 bits per heavy atom. The molecule has 0 heterocycles. The molecule has 14 heteroatoms. The first-order valence-corrected chi connectivity index (χ1v) is 14.6. The molecular formula is C28H17F7O5S2. The van der Waals surface area contributed by atoms with E-state index in [1.807, 2.05) is 0 Å². The molecule has 42 heavy (non-hydrogen) atoms.